The van der Waals surface area contributed by atoms with E-state index in [9.17, 15) is 4.79 Å². The first-order chi connectivity index (χ1) is 7.24. The van der Waals surface area contributed by atoms with Gasteiger partial charge in [-0.2, -0.15) is 0 Å². The number of Topliss-reactive ketones (excluding diaryl/α,β-unsaturated/α-hetero) is 1. The third kappa shape index (κ3) is 3.99. The maximum atomic E-state index is 11.0. The molecule has 1 rings (SSSR count). The van der Waals surface area contributed by atoms with Crippen LogP contribution in [0.4, 0.5) is 0 Å². The van der Waals surface area contributed by atoms with Crippen LogP contribution in [-0.4, -0.2) is 5.78 Å². The van der Waals surface area contributed by atoms with Crippen molar-refractivity contribution >= 4 is 5.78 Å². The number of hydrogen-bond acceptors (Lipinski definition) is 1. The van der Waals surface area contributed by atoms with Crippen LogP contribution in [0.15, 0.2) is 24.3 Å². The van der Waals surface area contributed by atoms with Gasteiger partial charge in [-0.1, -0.05) is 37.3 Å². The average molecular weight is 200 g/mol. The van der Waals surface area contributed by atoms with Gasteiger partial charge in [-0.3, -0.25) is 4.79 Å². The molecule has 0 saturated carbocycles. The van der Waals surface area contributed by atoms with Gasteiger partial charge < -0.3 is 0 Å². The zero-order valence-corrected chi connectivity index (χ0v) is 9.34. The van der Waals surface area contributed by atoms with Gasteiger partial charge in [0.05, 0.1) is 0 Å². The molecule has 0 aliphatic heterocycles. The first-order valence-electron chi connectivity index (χ1n) is 5.34. The van der Waals surface area contributed by atoms with E-state index in [1.807, 2.05) is 24.3 Å². The lowest BCUT2D eigenvalue weighted by Gasteiger charge is -1.94. The van der Waals surface area contributed by atoms with Crippen molar-refractivity contribution in [1.82, 2.24) is 0 Å². The van der Waals surface area contributed by atoms with Gasteiger partial charge in [0, 0.05) is 17.5 Å². The molecule has 0 unspecified atom stereocenters. The smallest absolute Gasteiger partial charge is 0.159 e. The zero-order chi connectivity index (χ0) is 11.1. The van der Waals surface area contributed by atoms with E-state index in [-0.39, 0.29) is 5.78 Å². The van der Waals surface area contributed by atoms with Gasteiger partial charge in [0.1, 0.15) is 0 Å². The molecule has 1 aromatic carbocycles. The van der Waals surface area contributed by atoms with Gasteiger partial charge in [0.15, 0.2) is 5.78 Å². The first-order valence-corrected chi connectivity index (χ1v) is 5.34. The highest BCUT2D eigenvalue weighted by molar-refractivity contribution is 5.94. The van der Waals surface area contributed by atoms with Gasteiger partial charge >= 0.3 is 0 Å². The van der Waals surface area contributed by atoms with E-state index in [2.05, 4.69) is 18.8 Å². The van der Waals surface area contributed by atoms with Gasteiger partial charge in [0.2, 0.25) is 0 Å². The number of ketones is 1. The van der Waals surface area contributed by atoms with Crippen molar-refractivity contribution in [2.75, 3.05) is 0 Å². The average Bonchev–Trinajstić information content (AvgIpc) is 2.25. The van der Waals surface area contributed by atoms with Crippen LogP contribution in [0.3, 0.4) is 0 Å². The lowest BCUT2D eigenvalue weighted by Crippen LogP contribution is -1.90. The van der Waals surface area contributed by atoms with Crippen molar-refractivity contribution in [2.45, 2.75) is 33.1 Å². The molecule has 0 atom stereocenters. The Morgan fingerprint density at radius 1 is 1.27 bits per heavy atom. The van der Waals surface area contributed by atoms with Crippen molar-refractivity contribution in [1.29, 1.82) is 0 Å². The van der Waals surface area contributed by atoms with E-state index in [1.54, 1.807) is 6.92 Å². The van der Waals surface area contributed by atoms with E-state index >= 15 is 0 Å². The maximum absolute atomic E-state index is 11.0. The normalized spacial score (nSPS) is 9.20. The van der Waals surface area contributed by atoms with Crippen LogP contribution >= 0.6 is 0 Å². The predicted molar refractivity (Wildman–Crippen MR) is 62.8 cm³/mol. The molecule has 0 radical (unpaired) electrons. The SMILES string of the molecule is CCCCC#Cc1ccc(C(C)=O)cc1. The Balaban J connectivity index is 2.63. The topological polar surface area (TPSA) is 17.1 Å². The molecule has 1 aromatic rings. The summed E-state index contributed by atoms with van der Waals surface area (Å²) in [5.41, 5.74) is 1.73. The molecule has 0 bridgehead atoms. The van der Waals surface area contributed by atoms with Crippen LogP contribution in [0.25, 0.3) is 0 Å². The van der Waals surface area contributed by atoms with E-state index in [0.717, 1.165) is 24.0 Å². The molecular formula is C14H16O. The summed E-state index contributed by atoms with van der Waals surface area (Å²) in [6.07, 6.45) is 3.28. The Morgan fingerprint density at radius 3 is 2.47 bits per heavy atom. The first kappa shape index (κ1) is 11.5. The van der Waals surface area contributed by atoms with Crippen LogP contribution in [0.5, 0.6) is 0 Å². The highest BCUT2D eigenvalue weighted by Crippen LogP contribution is 2.04. The minimum absolute atomic E-state index is 0.0977. The second-order valence-electron chi connectivity index (χ2n) is 3.54. The Kier molecular flexibility index (Phi) is 4.63. The fourth-order valence-electron chi connectivity index (χ4n) is 1.22. The number of hydrogen-bond donors (Lipinski definition) is 0. The van der Waals surface area contributed by atoms with Crippen molar-refractivity contribution in [3.63, 3.8) is 0 Å². The summed E-state index contributed by atoms with van der Waals surface area (Å²) in [5.74, 6) is 6.30. The Hall–Kier alpha value is -1.55. The van der Waals surface area contributed by atoms with Crippen LogP contribution in [-0.2, 0) is 0 Å². The lowest BCUT2D eigenvalue weighted by atomic mass is 10.1. The summed E-state index contributed by atoms with van der Waals surface area (Å²) in [6, 6.07) is 7.45. The summed E-state index contributed by atoms with van der Waals surface area (Å²) in [4.78, 5) is 11.0. The number of unbranched alkanes of at least 4 members (excludes halogenated alkanes) is 2. The van der Waals surface area contributed by atoms with Crippen molar-refractivity contribution in [3.8, 4) is 11.8 Å². The van der Waals surface area contributed by atoms with E-state index < -0.39 is 0 Å². The minimum atomic E-state index is 0.0977. The molecule has 1 nitrogen and oxygen atoms in total. The van der Waals surface area contributed by atoms with Crippen molar-refractivity contribution in [2.24, 2.45) is 0 Å². The molecule has 0 aliphatic rings. The molecule has 0 amide bonds. The highest BCUT2D eigenvalue weighted by Gasteiger charge is 1.96. The Labute approximate surface area is 91.5 Å². The lowest BCUT2D eigenvalue weighted by molar-refractivity contribution is 0.101. The summed E-state index contributed by atoms with van der Waals surface area (Å²) in [5, 5.41) is 0. The van der Waals surface area contributed by atoms with Crippen LogP contribution in [0.2, 0.25) is 0 Å². The third-order valence-electron chi connectivity index (χ3n) is 2.18. The number of carbonyl (C=O) groups is 1. The summed E-state index contributed by atoms with van der Waals surface area (Å²) in [6.45, 7) is 3.73. The highest BCUT2D eigenvalue weighted by atomic mass is 16.1. The maximum Gasteiger partial charge on any atom is 0.159 e. The Morgan fingerprint density at radius 2 is 1.93 bits per heavy atom. The van der Waals surface area contributed by atoms with Gasteiger partial charge in [-0.15, -0.1) is 0 Å². The van der Waals surface area contributed by atoms with Crippen molar-refractivity contribution < 1.29 is 4.79 Å². The molecule has 0 heterocycles. The van der Waals surface area contributed by atoms with Crippen LogP contribution < -0.4 is 0 Å². The van der Waals surface area contributed by atoms with Gasteiger partial charge in [-0.25, -0.2) is 0 Å². The second-order valence-corrected chi connectivity index (χ2v) is 3.54. The molecule has 0 aromatic heterocycles. The zero-order valence-electron chi connectivity index (χ0n) is 9.34. The number of benzene rings is 1. The van der Waals surface area contributed by atoms with Gasteiger partial charge in [0.25, 0.3) is 0 Å². The van der Waals surface area contributed by atoms with E-state index in [4.69, 9.17) is 0 Å². The molecule has 0 saturated heterocycles. The fraction of sp³-hybridized carbons (Fsp3) is 0.357. The quantitative estimate of drug-likeness (QED) is 0.415. The van der Waals surface area contributed by atoms with Crippen LogP contribution in [0, 0.1) is 11.8 Å². The molecular weight excluding hydrogens is 184 g/mol. The van der Waals surface area contributed by atoms with Gasteiger partial charge in [-0.05, 0) is 25.5 Å². The van der Waals surface area contributed by atoms with Crippen molar-refractivity contribution in [3.05, 3.63) is 35.4 Å². The molecule has 0 spiro atoms. The standard InChI is InChI=1S/C14H16O/c1-3-4-5-6-7-13-8-10-14(11-9-13)12(2)15/h8-11H,3-5H2,1-2H3. The largest absolute Gasteiger partial charge is 0.295 e. The number of carbonyl (C=O) groups excluding carboxylic acids is 1. The van der Waals surface area contributed by atoms with E-state index in [0.29, 0.717) is 0 Å². The predicted octanol–water partition coefficient (Wildman–Crippen LogP) is 3.43. The molecule has 0 N–H and O–H groups in total. The molecule has 0 aliphatic carbocycles. The van der Waals surface area contributed by atoms with E-state index in [1.165, 1.54) is 6.42 Å². The second kappa shape index (κ2) is 6.03. The monoisotopic (exact) mass is 200 g/mol. The Bertz CT molecular complexity index is 376. The fourth-order valence-corrected chi connectivity index (χ4v) is 1.22. The molecule has 1 heteroatoms. The molecule has 15 heavy (non-hydrogen) atoms. The third-order valence-corrected chi connectivity index (χ3v) is 2.18. The minimum Gasteiger partial charge on any atom is -0.295 e. The number of rotatable bonds is 3. The molecule has 78 valence electrons. The molecule has 0 fully saturated rings. The van der Waals surface area contributed by atoms with Crippen LogP contribution in [0.1, 0.15) is 49.0 Å². The summed E-state index contributed by atoms with van der Waals surface area (Å²) < 4.78 is 0. The summed E-state index contributed by atoms with van der Waals surface area (Å²) >= 11 is 0. The summed E-state index contributed by atoms with van der Waals surface area (Å²) in [7, 11) is 0.